The van der Waals surface area contributed by atoms with Crippen molar-refractivity contribution in [2.75, 3.05) is 36.9 Å². The normalized spacial score (nSPS) is 20.4. The number of amides is 1. The summed E-state index contributed by atoms with van der Waals surface area (Å²) in [4.78, 5) is 24.8. The highest BCUT2D eigenvalue weighted by Crippen LogP contribution is 2.31. The monoisotopic (exact) mass is 323 g/mol. The number of nitrogens with zero attached hydrogens (tertiary/aromatic N) is 4. The van der Waals surface area contributed by atoms with Gasteiger partial charge < -0.3 is 15.1 Å². The topological polar surface area (TPSA) is 61.4 Å². The van der Waals surface area contributed by atoms with E-state index < -0.39 is 0 Å². The van der Waals surface area contributed by atoms with Crippen LogP contribution in [-0.2, 0) is 4.79 Å². The summed E-state index contributed by atoms with van der Waals surface area (Å²) >= 11 is 6.13. The van der Waals surface area contributed by atoms with Crippen LogP contribution < -0.4 is 10.2 Å². The molecule has 2 fully saturated rings. The van der Waals surface area contributed by atoms with Crippen LogP contribution in [0.5, 0.6) is 0 Å². The molecule has 6 nitrogen and oxygen atoms in total. The summed E-state index contributed by atoms with van der Waals surface area (Å²) < 4.78 is 0. The van der Waals surface area contributed by atoms with Crippen LogP contribution in [0.1, 0.15) is 32.1 Å². The predicted octanol–water partition coefficient (Wildman–Crippen LogP) is 2.15. The number of carbonyl (C=O) groups excluding carboxylic acids is 1. The first kappa shape index (κ1) is 15.3. The lowest BCUT2D eigenvalue weighted by Gasteiger charge is -2.40. The van der Waals surface area contributed by atoms with Gasteiger partial charge in [0.05, 0.1) is 0 Å². The minimum Gasteiger partial charge on any atom is -0.383 e. The number of aromatic nitrogens is 2. The number of likely N-dealkylation sites (tertiary alicyclic amines) is 1. The summed E-state index contributed by atoms with van der Waals surface area (Å²) in [6.07, 6.45) is 6.36. The Hall–Kier alpha value is -1.56. The van der Waals surface area contributed by atoms with E-state index in [9.17, 15) is 4.79 Å². The number of carbonyl (C=O) groups is 1. The van der Waals surface area contributed by atoms with Crippen LogP contribution in [0.25, 0.3) is 0 Å². The second-order valence-electron chi connectivity index (χ2n) is 5.88. The van der Waals surface area contributed by atoms with Gasteiger partial charge in [0.25, 0.3) is 0 Å². The minimum absolute atomic E-state index is 0.325. The second-order valence-corrected chi connectivity index (χ2v) is 6.23. The van der Waals surface area contributed by atoms with E-state index in [1.165, 1.54) is 6.33 Å². The zero-order valence-corrected chi connectivity index (χ0v) is 13.6. The molecule has 0 radical (unpaired) electrons. The van der Waals surface area contributed by atoms with Gasteiger partial charge >= 0.3 is 0 Å². The molecule has 0 aliphatic carbocycles. The maximum absolute atomic E-state index is 12.1. The molecule has 1 aromatic rings. The Morgan fingerprint density at radius 3 is 2.68 bits per heavy atom. The van der Waals surface area contributed by atoms with Gasteiger partial charge in [-0.3, -0.25) is 4.79 Å². The zero-order chi connectivity index (χ0) is 15.5. The van der Waals surface area contributed by atoms with Gasteiger partial charge in [0, 0.05) is 39.1 Å². The van der Waals surface area contributed by atoms with E-state index in [4.69, 9.17) is 11.6 Å². The standard InChI is InChI=1S/C15H22ClN5O/c1-17-13-14(16)18-10-19-15(13)20-8-5-11(6-9-20)21-7-3-2-4-12(21)22/h10-11,17H,2-9H2,1H3. The van der Waals surface area contributed by atoms with Crippen LogP contribution in [0.3, 0.4) is 0 Å². The highest BCUT2D eigenvalue weighted by atomic mass is 35.5. The van der Waals surface area contributed by atoms with E-state index in [-0.39, 0.29) is 0 Å². The van der Waals surface area contributed by atoms with Crippen LogP contribution in [-0.4, -0.2) is 53.5 Å². The van der Waals surface area contributed by atoms with Crippen LogP contribution in [0.15, 0.2) is 6.33 Å². The Bertz CT molecular complexity index is 545. The molecule has 0 bridgehead atoms. The molecule has 3 heterocycles. The Morgan fingerprint density at radius 2 is 2.00 bits per heavy atom. The highest BCUT2D eigenvalue weighted by molar-refractivity contribution is 6.32. The fourth-order valence-corrected chi connectivity index (χ4v) is 3.64. The zero-order valence-electron chi connectivity index (χ0n) is 12.9. The van der Waals surface area contributed by atoms with E-state index in [2.05, 4.69) is 25.1 Å². The Labute approximate surface area is 135 Å². The smallest absolute Gasteiger partial charge is 0.222 e. The number of anilines is 2. The van der Waals surface area contributed by atoms with Crippen molar-refractivity contribution in [1.29, 1.82) is 0 Å². The highest BCUT2D eigenvalue weighted by Gasteiger charge is 2.30. The van der Waals surface area contributed by atoms with Crippen LogP contribution in [0, 0.1) is 0 Å². The quantitative estimate of drug-likeness (QED) is 0.864. The molecule has 1 N–H and O–H groups in total. The van der Waals surface area contributed by atoms with Crippen molar-refractivity contribution in [3.8, 4) is 0 Å². The Morgan fingerprint density at radius 1 is 1.23 bits per heavy atom. The van der Waals surface area contributed by atoms with Gasteiger partial charge in [0.2, 0.25) is 5.91 Å². The Balaban J connectivity index is 1.67. The third-order valence-electron chi connectivity index (χ3n) is 4.60. The molecule has 2 aliphatic rings. The molecule has 0 unspecified atom stereocenters. The molecule has 7 heteroatoms. The van der Waals surface area contributed by atoms with Gasteiger partial charge in [0.15, 0.2) is 11.0 Å². The summed E-state index contributed by atoms with van der Waals surface area (Å²) in [5, 5.41) is 3.52. The molecule has 120 valence electrons. The van der Waals surface area contributed by atoms with Gasteiger partial charge in [-0.2, -0.15) is 0 Å². The molecule has 1 amide bonds. The lowest BCUT2D eigenvalue weighted by molar-refractivity contribution is -0.136. The van der Waals surface area contributed by atoms with Crippen molar-refractivity contribution in [1.82, 2.24) is 14.9 Å². The largest absolute Gasteiger partial charge is 0.383 e. The molecule has 0 atom stereocenters. The van der Waals surface area contributed by atoms with E-state index >= 15 is 0 Å². The summed E-state index contributed by atoms with van der Waals surface area (Å²) in [7, 11) is 1.83. The predicted molar refractivity (Wildman–Crippen MR) is 87.4 cm³/mol. The third-order valence-corrected chi connectivity index (χ3v) is 4.88. The lowest BCUT2D eigenvalue weighted by Crippen LogP contribution is -2.49. The number of piperidine rings is 2. The first-order valence-corrected chi connectivity index (χ1v) is 8.31. The van der Waals surface area contributed by atoms with Crippen molar-refractivity contribution >= 4 is 29.0 Å². The van der Waals surface area contributed by atoms with Crippen molar-refractivity contribution in [2.24, 2.45) is 0 Å². The number of rotatable bonds is 3. The fourth-order valence-electron chi connectivity index (χ4n) is 3.41. The maximum Gasteiger partial charge on any atom is 0.222 e. The molecule has 22 heavy (non-hydrogen) atoms. The first-order chi connectivity index (χ1) is 10.7. The van der Waals surface area contributed by atoms with Gasteiger partial charge in [-0.1, -0.05) is 11.6 Å². The molecular formula is C15H22ClN5O. The molecule has 2 saturated heterocycles. The lowest BCUT2D eigenvalue weighted by atomic mass is 9.99. The molecule has 0 saturated carbocycles. The van der Waals surface area contributed by atoms with Crippen molar-refractivity contribution < 1.29 is 4.79 Å². The average molecular weight is 324 g/mol. The van der Waals surface area contributed by atoms with Crippen LogP contribution in [0.2, 0.25) is 5.15 Å². The number of hydrogen-bond acceptors (Lipinski definition) is 5. The first-order valence-electron chi connectivity index (χ1n) is 7.93. The van der Waals surface area contributed by atoms with E-state index in [0.717, 1.165) is 56.8 Å². The van der Waals surface area contributed by atoms with Gasteiger partial charge in [-0.25, -0.2) is 9.97 Å². The molecule has 1 aromatic heterocycles. The van der Waals surface area contributed by atoms with Gasteiger partial charge in [0.1, 0.15) is 12.0 Å². The minimum atomic E-state index is 0.325. The van der Waals surface area contributed by atoms with Crippen LogP contribution in [0.4, 0.5) is 11.5 Å². The number of halogens is 1. The molecule has 0 aromatic carbocycles. The summed E-state index contributed by atoms with van der Waals surface area (Å²) in [5.41, 5.74) is 0.775. The van der Waals surface area contributed by atoms with E-state index in [1.54, 1.807) is 0 Å². The van der Waals surface area contributed by atoms with E-state index in [1.807, 2.05) is 7.05 Å². The number of hydrogen-bond donors (Lipinski definition) is 1. The van der Waals surface area contributed by atoms with E-state index in [0.29, 0.717) is 23.5 Å². The molecule has 3 rings (SSSR count). The van der Waals surface area contributed by atoms with Gasteiger partial charge in [-0.05, 0) is 25.7 Å². The molecule has 0 spiro atoms. The molecule has 2 aliphatic heterocycles. The van der Waals surface area contributed by atoms with Crippen molar-refractivity contribution in [3.63, 3.8) is 0 Å². The Kier molecular flexibility index (Phi) is 4.66. The average Bonchev–Trinajstić information content (AvgIpc) is 2.55. The SMILES string of the molecule is CNc1c(Cl)ncnc1N1CCC(N2CCCCC2=O)CC1. The van der Waals surface area contributed by atoms with Gasteiger partial charge in [-0.15, -0.1) is 0 Å². The van der Waals surface area contributed by atoms with Crippen LogP contribution >= 0.6 is 11.6 Å². The second kappa shape index (κ2) is 6.69. The molecular weight excluding hydrogens is 302 g/mol. The summed E-state index contributed by atoms with van der Waals surface area (Å²) in [6.45, 7) is 2.69. The van der Waals surface area contributed by atoms with Crippen molar-refractivity contribution in [3.05, 3.63) is 11.5 Å². The van der Waals surface area contributed by atoms with Crippen molar-refractivity contribution in [2.45, 2.75) is 38.1 Å². The number of nitrogens with one attached hydrogen (secondary N) is 1. The fraction of sp³-hybridized carbons (Fsp3) is 0.667. The maximum atomic E-state index is 12.1. The summed E-state index contributed by atoms with van der Waals surface area (Å²) in [5.74, 6) is 1.18. The summed E-state index contributed by atoms with van der Waals surface area (Å²) in [6, 6.07) is 0.374. The third kappa shape index (κ3) is 2.97.